The smallest absolute Gasteiger partial charge is 0.336 e. The molecular formula is C17H25NO2. The van der Waals surface area contributed by atoms with E-state index < -0.39 is 5.97 Å². The van der Waals surface area contributed by atoms with Crippen LogP contribution in [0.3, 0.4) is 0 Å². The lowest BCUT2D eigenvalue weighted by molar-refractivity contribution is 0.0695. The Morgan fingerprint density at radius 1 is 1.30 bits per heavy atom. The predicted molar refractivity (Wildman–Crippen MR) is 82.6 cm³/mol. The highest BCUT2D eigenvalue weighted by Gasteiger charge is 2.24. The maximum absolute atomic E-state index is 11.3. The van der Waals surface area contributed by atoms with Gasteiger partial charge in [0.05, 0.1) is 5.56 Å². The molecule has 1 N–H and O–H groups in total. The molecule has 1 aliphatic heterocycles. The van der Waals surface area contributed by atoms with Crippen molar-refractivity contribution in [2.45, 2.75) is 52.5 Å². The van der Waals surface area contributed by atoms with Crippen molar-refractivity contribution in [2.24, 2.45) is 5.92 Å². The molecule has 1 aliphatic rings. The minimum Gasteiger partial charge on any atom is -0.478 e. The maximum atomic E-state index is 11.3. The van der Waals surface area contributed by atoms with Crippen LogP contribution in [0.1, 0.15) is 56.0 Å². The molecule has 0 spiro atoms. The number of hydrogen-bond donors (Lipinski definition) is 1. The Kier molecular flexibility index (Phi) is 4.69. The van der Waals surface area contributed by atoms with Crippen LogP contribution in [0.25, 0.3) is 0 Å². The van der Waals surface area contributed by atoms with Crippen molar-refractivity contribution in [1.29, 1.82) is 0 Å². The normalized spacial score (nSPS) is 16.1. The minimum absolute atomic E-state index is 0.473. The lowest BCUT2D eigenvalue weighted by Crippen LogP contribution is -2.38. The molecule has 3 heteroatoms. The molecule has 1 unspecified atom stereocenters. The third-order valence-electron chi connectivity index (χ3n) is 4.21. The largest absolute Gasteiger partial charge is 0.478 e. The Hall–Kier alpha value is -1.51. The SMILES string of the molecule is CC(C)CCC(C)N1CCCc2c(C(=O)O)cccc21. The second-order valence-electron chi connectivity index (χ2n) is 6.23. The second-order valence-corrected chi connectivity index (χ2v) is 6.23. The number of rotatable bonds is 5. The van der Waals surface area contributed by atoms with E-state index in [0.717, 1.165) is 37.1 Å². The van der Waals surface area contributed by atoms with Crippen LogP contribution in [0.2, 0.25) is 0 Å². The number of benzene rings is 1. The maximum Gasteiger partial charge on any atom is 0.336 e. The minimum atomic E-state index is -0.807. The summed E-state index contributed by atoms with van der Waals surface area (Å²) in [6, 6.07) is 6.15. The molecule has 0 radical (unpaired) electrons. The predicted octanol–water partition coefficient (Wildman–Crippen LogP) is 3.96. The van der Waals surface area contributed by atoms with Gasteiger partial charge in [-0.1, -0.05) is 19.9 Å². The molecule has 110 valence electrons. The van der Waals surface area contributed by atoms with Crippen molar-refractivity contribution < 1.29 is 9.90 Å². The summed E-state index contributed by atoms with van der Waals surface area (Å²) in [5, 5.41) is 9.32. The molecule has 20 heavy (non-hydrogen) atoms. The molecule has 1 aromatic carbocycles. The van der Waals surface area contributed by atoms with Crippen molar-refractivity contribution in [3.63, 3.8) is 0 Å². The van der Waals surface area contributed by atoms with Gasteiger partial charge < -0.3 is 10.0 Å². The van der Waals surface area contributed by atoms with E-state index in [0.29, 0.717) is 17.5 Å². The molecule has 0 aromatic heterocycles. The zero-order valence-corrected chi connectivity index (χ0v) is 12.7. The molecule has 1 aromatic rings. The van der Waals surface area contributed by atoms with E-state index in [9.17, 15) is 9.90 Å². The topological polar surface area (TPSA) is 40.5 Å². The average Bonchev–Trinajstić information content (AvgIpc) is 2.43. The first-order valence-electron chi connectivity index (χ1n) is 7.62. The molecular weight excluding hydrogens is 250 g/mol. The molecule has 1 heterocycles. The number of carboxylic acid groups (broad SMARTS) is 1. The third-order valence-corrected chi connectivity index (χ3v) is 4.21. The van der Waals surface area contributed by atoms with Crippen LogP contribution in [0.5, 0.6) is 0 Å². The fourth-order valence-corrected chi connectivity index (χ4v) is 3.04. The summed E-state index contributed by atoms with van der Waals surface area (Å²) in [6.45, 7) is 7.79. The van der Waals surface area contributed by atoms with Crippen LogP contribution in [0.4, 0.5) is 5.69 Å². The number of aromatic carboxylic acids is 1. The lowest BCUT2D eigenvalue weighted by atomic mass is 9.94. The molecule has 1 atom stereocenters. The van der Waals surface area contributed by atoms with Crippen LogP contribution in [-0.2, 0) is 6.42 Å². The summed E-state index contributed by atoms with van der Waals surface area (Å²) in [5.74, 6) is -0.0920. The summed E-state index contributed by atoms with van der Waals surface area (Å²) in [6.07, 6.45) is 4.30. The Labute approximate surface area is 121 Å². The van der Waals surface area contributed by atoms with Gasteiger partial charge in [0.1, 0.15) is 0 Å². The van der Waals surface area contributed by atoms with Crippen molar-refractivity contribution in [3.05, 3.63) is 29.3 Å². The molecule has 0 amide bonds. The Morgan fingerprint density at radius 3 is 2.70 bits per heavy atom. The van der Waals surface area contributed by atoms with Gasteiger partial charge in [-0.15, -0.1) is 0 Å². The molecule has 2 rings (SSSR count). The summed E-state index contributed by atoms with van der Waals surface area (Å²) >= 11 is 0. The molecule has 0 bridgehead atoms. The van der Waals surface area contributed by atoms with E-state index in [1.165, 1.54) is 6.42 Å². The van der Waals surface area contributed by atoms with Crippen molar-refractivity contribution in [1.82, 2.24) is 0 Å². The molecule has 0 saturated heterocycles. The van der Waals surface area contributed by atoms with Gasteiger partial charge in [-0.3, -0.25) is 0 Å². The van der Waals surface area contributed by atoms with Gasteiger partial charge >= 0.3 is 5.97 Å². The van der Waals surface area contributed by atoms with Crippen LogP contribution >= 0.6 is 0 Å². The van der Waals surface area contributed by atoms with Crippen LogP contribution in [-0.4, -0.2) is 23.7 Å². The first kappa shape index (κ1) is 14.9. The van der Waals surface area contributed by atoms with E-state index >= 15 is 0 Å². The highest BCUT2D eigenvalue weighted by Crippen LogP contribution is 2.32. The van der Waals surface area contributed by atoms with Gasteiger partial charge in [0.2, 0.25) is 0 Å². The second kappa shape index (κ2) is 6.29. The Bertz CT molecular complexity index is 482. The molecule has 0 fully saturated rings. The first-order chi connectivity index (χ1) is 9.50. The number of carbonyl (C=O) groups is 1. The average molecular weight is 275 g/mol. The number of hydrogen-bond acceptors (Lipinski definition) is 2. The van der Waals surface area contributed by atoms with E-state index in [-0.39, 0.29) is 0 Å². The van der Waals surface area contributed by atoms with E-state index in [1.54, 1.807) is 6.07 Å². The van der Waals surface area contributed by atoms with E-state index in [1.807, 2.05) is 6.07 Å². The summed E-state index contributed by atoms with van der Waals surface area (Å²) in [4.78, 5) is 13.7. The zero-order chi connectivity index (χ0) is 14.7. The van der Waals surface area contributed by atoms with Crippen molar-refractivity contribution >= 4 is 11.7 Å². The highest BCUT2D eigenvalue weighted by molar-refractivity contribution is 5.91. The van der Waals surface area contributed by atoms with Gasteiger partial charge in [0.15, 0.2) is 0 Å². The van der Waals surface area contributed by atoms with Crippen LogP contribution in [0.15, 0.2) is 18.2 Å². The number of carboxylic acids is 1. The van der Waals surface area contributed by atoms with Gasteiger partial charge in [-0.25, -0.2) is 4.79 Å². The monoisotopic (exact) mass is 275 g/mol. The van der Waals surface area contributed by atoms with Gasteiger partial charge in [-0.05, 0) is 56.2 Å². The van der Waals surface area contributed by atoms with Crippen LogP contribution in [0, 0.1) is 5.92 Å². The van der Waals surface area contributed by atoms with Gasteiger partial charge in [0, 0.05) is 18.3 Å². The zero-order valence-electron chi connectivity index (χ0n) is 12.7. The number of anilines is 1. The van der Waals surface area contributed by atoms with E-state index in [2.05, 4.69) is 31.7 Å². The van der Waals surface area contributed by atoms with Crippen molar-refractivity contribution in [3.8, 4) is 0 Å². The van der Waals surface area contributed by atoms with E-state index in [4.69, 9.17) is 0 Å². The fraction of sp³-hybridized carbons (Fsp3) is 0.588. The Morgan fingerprint density at radius 2 is 2.05 bits per heavy atom. The standard InChI is InChI=1S/C17H25NO2/c1-12(2)9-10-13(3)18-11-5-7-14-15(17(19)20)6-4-8-16(14)18/h4,6,8,12-13H,5,7,9-11H2,1-3H3,(H,19,20). The number of fused-ring (bicyclic) bond motifs is 1. The molecule has 0 saturated carbocycles. The van der Waals surface area contributed by atoms with Crippen LogP contribution < -0.4 is 4.90 Å². The fourth-order valence-electron chi connectivity index (χ4n) is 3.04. The molecule has 3 nitrogen and oxygen atoms in total. The summed E-state index contributed by atoms with van der Waals surface area (Å²) in [5.41, 5.74) is 2.62. The van der Waals surface area contributed by atoms with Gasteiger partial charge in [-0.2, -0.15) is 0 Å². The first-order valence-corrected chi connectivity index (χ1v) is 7.62. The van der Waals surface area contributed by atoms with Gasteiger partial charge in [0.25, 0.3) is 0 Å². The number of nitrogens with zero attached hydrogens (tertiary/aromatic N) is 1. The highest BCUT2D eigenvalue weighted by atomic mass is 16.4. The Balaban J connectivity index is 2.24. The van der Waals surface area contributed by atoms with Crippen molar-refractivity contribution in [2.75, 3.05) is 11.4 Å². The third kappa shape index (κ3) is 3.14. The summed E-state index contributed by atoms with van der Waals surface area (Å²) < 4.78 is 0. The lowest BCUT2D eigenvalue weighted by Gasteiger charge is -2.37. The quantitative estimate of drug-likeness (QED) is 0.884. The summed E-state index contributed by atoms with van der Waals surface area (Å²) in [7, 11) is 0. The molecule has 0 aliphatic carbocycles.